The van der Waals surface area contributed by atoms with Crippen LogP contribution in [0.3, 0.4) is 0 Å². The van der Waals surface area contributed by atoms with Gasteiger partial charge in [0.15, 0.2) is 5.54 Å². The van der Waals surface area contributed by atoms with Crippen molar-refractivity contribution in [1.29, 1.82) is 5.26 Å². The number of fused-ring (bicyclic) bond motifs is 1. The van der Waals surface area contributed by atoms with E-state index < -0.39 is 49.5 Å². The second-order valence-electron chi connectivity index (χ2n) is 8.02. The molecule has 0 radical (unpaired) electrons. The molecule has 0 saturated carbocycles. The third kappa shape index (κ3) is 4.22. The molecule has 1 aliphatic rings. The minimum atomic E-state index is -4.89. The molecule has 1 atom stereocenters. The molecular weight excluding hydrogens is 535 g/mol. The van der Waals surface area contributed by atoms with Gasteiger partial charge in [0, 0.05) is 23.9 Å². The zero-order chi connectivity index (χ0) is 28.5. The first-order chi connectivity index (χ1) is 18.6. The number of pyridine rings is 1. The van der Waals surface area contributed by atoms with Gasteiger partial charge in [-0.1, -0.05) is 0 Å². The van der Waals surface area contributed by atoms with Gasteiger partial charge in [-0.05, 0) is 37.3 Å². The van der Waals surface area contributed by atoms with E-state index in [-0.39, 0.29) is 39.4 Å². The third-order valence-corrected chi connectivity index (χ3v) is 7.71. The molecule has 14 heteroatoms. The number of nitrogens with one attached hydrogen (secondary N) is 1. The van der Waals surface area contributed by atoms with E-state index in [0.717, 1.165) is 12.1 Å². The molecule has 202 valence electrons. The summed E-state index contributed by atoms with van der Waals surface area (Å²) in [7, 11) is -2.33. The van der Waals surface area contributed by atoms with Crippen molar-refractivity contribution < 1.29 is 41.7 Å². The molecule has 4 rings (SSSR count). The van der Waals surface area contributed by atoms with Crippen LogP contribution in [0.1, 0.15) is 23.6 Å². The number of ether oxygens (including phenoxy) is 3. The Labute approximate surface area is 222 Å². The first-order valence-corrected chi connectivity index (χ1v) is 12.7. The number of methoxy groups -OCH3 is 2. The molecule has 2 N–H and O–H groups in total. The third-order valence-electron chi connectivity index (χ3n) is 5.97. The summed E-state index contributed by atoms with van der Waals surface area (Å²) in [5.41, 5.74) is -4.06. The summed E-state index contributed by atoms with van der Waals surface area (Å²) < 4.78 is 59.1. The van der Waals surface area contributed by atoms with Gasteiger partial charge in [0.1, 0.15) is 28.3 Å². The van der Waals surface area contributed by atoms with Crippen molar-refractivity contribution >= 4 is 27.7 Å². The Hall–Kier alpha value is -4.90. The molecule has 3 aromatic rings. The number of amides is 2. The number of carbonyl (C=O) groups is 2. The number of hydrogen-bond acceptors (Lipinski definition) is 9. The zero-order valence-electron chi connectivity index (χ0n) is 20.8. The fraction of sp³-hybridized carbons (Fsp3) is 0.200. The predicted molar refractivity (Wildman–Crippen MR) is 133 cm³/mol. The van der Waals surface area contributed by atoms with Crippen LogP contribution in [0.5, 0.6) is 17.4 Å². The molecule has 2 amide bonds. The number of nitrogens with zero attached hydrogens (tertiary/aromatic N) is 3. The standard InChI is InChI=1S/C25H21FN4O8S/c1-4-38-22-16(6-5-9-28-22)25(29-24(32)33)17-10-14(13-27)18(26)12-19(17)30(23(25)31)39(34,35)21-8-7-15(36-2)11-20(21)37-3/h5-12,29H,4H2,1-3H3,(H,32,33). The Morgan fingerprint density at radius 2 is 1.95 bits per heavy atom. The summed E-state index contributed by atoms with van der Waals surface area (Å²) in [5, 5.41) is 21.4. The SMILES string of the molecule is CCOc1ncccc1C1(NC(=O)O)C(=O)N(S(=O)(=O)c2ccc(OC)cc2OC)c2cc(F)c(C#N)cc21. The van der Waals surface area contributed by atoms with Crippen LogP contribution in [0.4, 0.5) is 14.9 Å². The number of rotatable bonds is 8. The van der Waals surface area contributed by atoms with Crippen LogP contribution < -0.4 is 23.8 Å². The molecule has 0 bridgehead atoms. The topological polar surface area (TPSA) is 168 Å². The van der Waals surface area contributed by atoms with Crippen molar-refractivity contribution in [2.75, 3.05) is 25.1 Å². The van der Waals surface area contributed by atoms with Crippen molar-refractivity contribution in [2.45, 2.75) is 17.4 Å². The van der Waals surface area contributed by atoms with Crippen molar-refractivity contribution in [2.24, 2.45) is 0 Å². The molecule has 1 aliphatic heterocycles. The Morgan fingerprint density at radius 3 is 2.56 bits per heavy atom. The number of nitriles is 1. The van der Waals surface area contributed by atoms with Crippen LogP contribution in [-0.2, 0) is 20.4 Å². The van der Waals surface area contributed by atoms with E-state index >= 15 is 0 Å². The molecule has 39 heavy (non-hydrogen) atoms. The van der Waals surface area contributed by atoms with Gasteiger partial charge in [-0.15, -0.1) is 0 Å². The predicted octanol–water partition coefficient (Wildman–Crippen LogP) is 2.75. The highest BCUT2D eigenvalue weighted by Crippen LogP contribution is 2.50. The molecule has 0 spiro atoms. The fourth-order valence-electron chi connectivity index (χ4n) is 4.36. The van der Waals surface area contributed by atoms with Crippen LogP contribution in [-0.4, -0.2) is 51.3 Å². The lowest BCUT2D eigenvalue weighted by Crippen LogP contribution is -2.54. The normalized spacial score (nSPS) is 16.3. The number of hydrogen-bond donors (Lipinski definition) is 2. The summed E-state index contributed by atoms with van der Waals surface area (Å²) in [5.74, 6) is -2.59. The minimum absolute atomic E-state index is 0.0616. The van der Waals surface area contributed by atoms with E-state index in [4.69, 9.17) is 14.2 Å². The maximum Gasteiger partial charge on any atom is 0.406 e. The summed E-state index contributed by atoms with van der Waals surface area (Å²) in [6.45, 7) is 1.68. The molecule has 0 aliphatic carbocycles. The van der Waals surface area contributed by atoms with Crippen molar-refractivity contribution in [3.05, 3.63) is 71.2 Å². The van der Waals surface area contributed by atoms with Crippen LogP contribution in [0.2, 0.25) is 0 Å². The van der Waals surface area contributed by atoms with E-state index in [9.17, 15) is 32.8 Å². The van der Waals surface area contributed by atoms with Gasteiger partial charge in [0.05, 0.1) is 37.6 Å². The van der Waals surface area contributed by atoms with Crippen LogP contribution in [0.25, 0.3) is 0 Å². The summed E-state index contributed by atoms with van der Waals surface area (Å²) in [6, 6.07) is 9.63. The minimum Gasteiger partial charge on any atom is -0.497 e. The zero-order valence-corrected chi connectivity index (χ0v) is 21.6. The summed E-state index contributed by atoms with van der Waals surface area (Å²) >= 11 is 0. The van der Waals surface area contributed by atoms with Gasteiger partial charge in [0.25, 0.3) is 15.9 Å². The molecule has 12 nitrogen and oxygen atoms in total. The summed E-state index contributed by atoms with van der Waals surface area (Å²) in [6.07, 6.45) is -0.393. The van der Waals surface area contributed by atoms with E-state index in [2.05, 4.69) is 10.3 Å². The van der Waals surface area contributed by atoms with Gasteiger partial charge in [-0.2, -0.15) is 9.57 Å². The molecule has 2 aromatic carbocycles. The molecule has 0 fully saturated rings. The first kappa shape index (κ1) is 27.1. The molecule has 1 aromatic heterocycles. The smallest absolute Gasteiger partial charge is 0.406 e. The number of carbonyl (C=O) groups excluding carboxylic acids is 1. The second-order valence-corrected chi connectivity index (χ2v) is 9.78. The Morgan fingerprint density at radius 1 is 1.21 bits per heavy atom. The number of carboxylic acid groups (broad SMARTS) is 1. The lowest BCUT2D eigenvalue weighted by Gasteiger charge is -2.30. The Balaban J connectivity index is 2.11. The highest BCUT2D eigenvalue weighted by Gasteiger charge is 2.59. The Bertz CT molecular complexity index is 1640. The molecule has 1 unspecified atom stereocenters. The van der Waals surface area contributed by atoms with E-state index in [1.807, 2.05) is 0 Å². The fourth-order valence-corrected chi connectivity index (χ4v) is 5.95. The lowest BCUT2D eigenvalue weighted by molar-refractivity contribution is -0.121. The number of benzene rings is 2. The monoisotopic (exact) mass is 556 g/mol. The number of anilines is 1. The van der Waals surface area contributed by atoms with E-state index in [1.165, 1.54) is 44.7 Å². The van der Waals surface area contributed by atoms with Gasteiger partial charge in [-0.25, -0.2) is 22.6 Å². The van der Waals surface area contributed by atoms with Crippen LogP contribution in [0, 0.1) is 17.1 Å². The second kappa shape index (κ2) is 10.1. The number of halogens is 1. The molecule has 2 heterocycles. The molecular formula is C25H21FN4O8S. The highest BCUT2D eigenvalue weighted by atomic mass is 32.2. The van der Waals surface area contributed by atoms with Gasteiger partial charge >= 0.3 is 6.09 Å². The van der Waals surface area contributed by atoms with Crippen molar-refractivity contribution in [1.82, 2.24) is 10.3 Å². The lowest BCUT2D eigenvalue weighted by atomic mass is 9.83. The average molecular weight is 557 g/mol. The van der Waals surface area contributed by atoms with E-state index in [1.54, 1.807) is 13.0 Å². The van der Waals surface area contributed by atoms with Crippen LogP contribution in [0.15, 0.2) is 53.6 Å². The largest absolute Gasteiger partial charge is 0.497 e. The summed E-state index contributed by atoms with van der Waals surface area (Å²) in [4.78, 5) is 30.0. The maximum absolute atomic E-state index is 14.9. The van der Waals surface area contributed by atoms with Gasteiger partial charge < -0.3 is 19.3 Å². The van der Waals surface area contributed by atoms with Crippen molar-refractivity contribution in [3.63, 3.8) is 0 Å². The Kier molecular flexibility index (Phi) is 7.03. The van der Waals surface area contributed by atoms with E-state index in [0.29, 0.717) is 6.07 Å². The van der Waals surface area contributed by atoms with Gasteiger partial charge in [-0.3, -0.25) is 10.1 Å². The number of aromatic nitrogens is 1. The van der Waals surface area contributed by atoms with Crippen molar-refractivity contribution in [3.8, 4) is 23.4 Å². The van der Waals surface area contributed by atoms with Gasteiger partial charge in [0.2, 0.25) is 5.88 Å². The maximum atomic E-state index is 14.9. The first-order valence-electron chi connectivity index (χ1n) is 11.2. The quantitative estimate of drug-likeness (QED) is 0.421. The van der Waals surface area contributed by atoms with Crippen LogP contribution >= 0.6 is 0 Å². The average Bonchev–Trinajstić information content (AvgIpc) is 3.15. The number of sulfonamides is 1. The highest BCUT2D eigenvalue weighted by molar-refractivity contribution is 7.93. The molecule has 0 saturated heterocycles.